The fourth-order valence-electron chi connectivity index (χ4n) is 1.53. The Morgan fingerprint density at radius 1 is 1.33 bits per heavy atom. The van der Waals surface area contributed by atoms with Gasteiger partial charge in [0.25, 0.3) is 15.7 Å². The lowest BCUT2D eigenvalue weighted by molar-refractivity contribution is -0.384. The molecule has 0 bridgehead atoms. The van der Waals surface area contributed by atoms with Crippen molar-refractivity contribution >= 4 is 27.1 Å². The molecule has 1 aromatic carbocycles. The summed E-state index contributed by atoms with van der Waals surface area (Å²) >= 11 is 0. The number of non-ortho nitro benzene ring substituents is 1. The molecule has 0 fully saturated rings. The van der Waals surface area contributed by atoms with Crippen LogP contribution >= 0.6 is 0 Å². The van der Waals surface area contributed by atoms with Crippen molar-refractivity contribution in [2.75, 3.05) is 10.5 Å². The van der Waals surface area contributed by atoms with E-state index in [1.807, 2.05) is 4.72 Å². The van der Waals surface area contributed by atoms with Gasteiger partial charge in [0.05, 0.1) is 16.3 Å². The summed E-state index contributed by atoms with van der Waals surface area (Å²) in [5.41, 5.74) is 4.35. The quantitative estimate of drug-likeness (QED) is 0.650. The molecule has 2 aromatic rings. The predicted molar refractivity (Wildman–Crippen MR) is 72.5 cm³/mol. The van der Waals surface area contributed by atoms with Gasteiger partial charge in [-0.1, -0.05) is 0 Å². The third-order valence-electron chi connectivity index (χ3n) is 2.46. The summed E-state index contributed by atoms with van der Waals surface area (Å²) < 4.78 is 39.6. The van der Waals surface area contributed by atoms with Crippen molar-refractivity contribution in [3.05, 3.63) is 52.5 Å². The van der Waals surface area contributed by atoms with E-state index in [1.165, 1.54) is 18.3 Å². The molecule has 0 spiro atoms. The van der Waals surface area contributed by atoms with Gasteiger partial charge in [0.2, 0.25) is 0 Å². The molecule has 0 radical (unpaired) electrons. The molecule has 0 saturated carbocycles. The van der Waals surface area contributed by atoms with Crippen molar-refractivity contribution < 1.29 is 17.7 Å². The third-order valence-corrected chi connectivity index (χ3v) is 3.80. The van der Waals surface area contributed by atoms with Crippen LogP contribution in [0, 0.1) is 15.9 Å². The van der Waals surface area contributed by atoms with Crippen LogP contribution in [0.3, 0.4) is 0 Å². The zero-order chi connectivity index (χ0) is 15.6. The number of nitro benzene ring substituents is 1. The number of halogens is 1. The molecule has 0 aliphatic carbocycles. The van der Waals surface area contributed by atoms with E-state index < -0.39 is 37.2 Å². The summed E-state index contributed by atoms with van der Waals surface area (Å²) in [7, 11) is -4.26. The molecule has 2 rings (SSSR count). The molecule has 3 N–H and O–H groups in total. The number of nitro groups is 1. The maximum absolute atomic E-state index is 13.6. The molecule has 0 atom stereocenters. The number of pyridine rings is 1. The van der Waals surface area contributed by atoms with E-state index in [-0.39, 0.29) is 5.69 Å². The summed E-state index contributed by atoms with van der Waals surface area (Å²) in [6, 6.07) is 5.22. The van der Waals surface area contributed by atoms with E-state index in [1.54, 1.807) is 0 Å². The second kappa shape index (κ2) is 5.32. The summed E-state index contributed by atoms with van der Waals surface area (Å²) in [5, 5.41) is 10.1. The number of rotatable bonds is 4. The number of nitrogens with one attached hydrogen (secondary N) is 1. The minimum absolute atomic E-state index is 0.129. The highest BCUT2D eigenvalue weighted by atomic mass is 32.2. The number of nitrogens with two attached hydrogens (primary N) is 1. The Labute approximate surface area is 118 Å². The lowest BCUT2D eigenvalue weighted by atomic mass is 10.3. The van der Waals surface area contributed by atoms with Crippen molar-refractivity contribution in [1.82, 2.24) is 4.98 Å². The SMILES string of the molecule is Nc1cccnc1S(=O)(=O)Nc1cc([N+](=O)[O-])ccc1F. The van der Waals surface area contributed by atoms with Gasteiger partial charge < -0.3 is 5.73 Å². The molecule has 0 saturated heterocycles. The zero-order valence-electron chi connectivity index (χ0n) is 10.4. The molecular weight excluding hydrogens is 303 g/mol. The van der Waals surface area contributed by atoms with E-state index >= 15 is 0 Å². The molecular formula is C11H9FN4O4S. The highest BCUT2D eigenvalue weighted by Gasteiger charge is 2.22. The van der Waals surface area contributed by atoms with Crippen molar-refractivity contribution in [2.45, 2.75) is 5.03 Å². The highest BCUT2D eigenvalue weighted by Crippen LogP contribution is 2.24. The van der Waals surface area contributed by atoms with E-state index in [2.05, 4.69) is 4.98 Å². The summed E-state index contributed by atoms with van der Waals surface area (Å²) in [5.74, 6) is -0.960. The summed E-state index contributed by atoms with van der Waals surface area (Å²) in [4.78, 5) is 13.5. The fraction of sp³-hybridized carbons (Fsp3) is 0. The number of aromatic nitrogens is 1. The van der Waals surface area contributed by atoms with Crippen LogP contribution in [0.1, 0.15) is 0 Å². The van der Waals surface area contributed by atoms with Crippen LogP contribution in [0.2, 0.25) is 0 Å². The van der Waals surface area contributed by atoms with Crippen LogP contribution < -0.4 is 10.5 Å². The Kier molecular flexibility index (Phi) is 3.72. The Morgan fingerprint density at radius 2 is 2.05 bits per heavy atom. The average Bonchev–Trinajstić information content (AvgIpc) is 2.41. The molecule has 1 aromatic heterocycles. The highest BCUT2D eigenvalue weighted by molar-refractivity contribution is 7.92. The molecule has 0 unspecified atom stereocenters. The van der Waals surface area contributed by atoms with Gasteiger partial charge in [-0.25, -0.2) is 9.37 Å². The third kappa shape index (κ3) is 3.05. The van der Waals surface area contributed by atoms with Gasteiger partial charge in [-0.15, -0.1) is 0 Å². The largest absolute Gasteiger partial charge is 0.396 e. The van der Waals surface area contributed by atoms with Gasteiger partial charge in [0, 0.05) is 18.3 Å². The lowest BCUT2D eigenvalue weighted by Gasteiger charge is -2.09. The number of hydrogen-bond acceptors (Lipinski definition) is 6. The van der Waals surface area contributed by atoms with Gasteiger partial charge >= 0.3 is 0 Å². The maximum atomic E-state index is 13.6. The lowest BCUT2D eigenvalue weighted by Crippen LogP contribution is -2.17. The maximum Gasteiger partial charge on any atom is 0.281 e. The van der Waals surface area contributed by atoms with Crippen molar-refractivity contribution in [3.63, 3.8) is 0 Å². The second-order valence-electron chi connectivity index (χ2n) is 3.92. The van der Waals surface area contributed by atoms with E-state index in [0.717, 1.165) is 18.2 Å². The minimum Gasteiger partial charge on any atom is -0.396 e. The smallest absolute Gasteiger partial charge is 0.281 e. The molecule has 0 amide bonds. The van der Waals surface area contributed by atoms with E-state index in [4.69, 9.17) is 5.73 Å². The van der Waals surface area contributed by atoms with Gasteiger partial charge in [-0.3, -0.25) is 14.8 Å². The van der Waals surface area contributed by atoms with Crippen LogP contribution in [0.25, 0.3) is 0 Å². The fourth-order valence-corrected chi connectivity index (χ4v) is 2.65. The van der Waals surface area contributed by atoms with Gasteiger partial charge in [-0.2, -0.15) is 8.42 Å². The number of anilines is 2. The Morgan fingerprint density at radius 3 is 2.67 bits per heavy atom. The van der Waals surface area contributed by atoms with Crippen molar-refractivity contribution in [3.8, 4) is 0 Å². The first kappa shape index (κ1) is 14.7. The number of nitrogen functional groups attached to an aromatic ring is 1. The van der Waals surface area contributed by atoms with Gasteiger partial charge in [0.15, 0.2) is 5.03 Å². The topological polar surface area (TPSA) is 128 Å². The first-order chi connectivity index (χ1) is 9.81. The van der Waals surface area contributed by atoms with Crippen LogP contribution in [0.15, 0.2) is 41.6 Å². The molecule has 21 heavy (non-hydrogen) atoms. The normalized spacial score (nSPS) is 11.1. The number of hydrogen-bond donors (Lipinski definition) is 2. The minimum atomic E-state index is -4.26. The molecule has 8 nitrogen and oxygen atoms in total. The van der Waals surface area contributed by atoms with Crippen LogP contribution in [-0.4, -0.2) is 18.3 Å². The monoisotopic (exact) mass is 312 g/mol. The zero-order valence-corrected chi connectivity index (χ0v) is 11.2. The average molecular weight is 312 g/mol. The number of sulfonamides is 1. The van der Waals surface area contributed by atoms with Gasteiger partial charge in [0.1, 0.15) is 5.82 Å². The molecule has 10 heteroatoms. The first-order valence-electron chi connectivity index (χ1n) is 5.48. The first-order valence-corrected chi connectivity index (χ1v) is 6.97. The molecule has 0 aliphatic heterocycles. The molecule has 1 heterocycles. The van der Waals surface area contributed by atoms with E-state index in [0.29, 0.717) is 0 Å². The van der Waals surface area contributed by atoms with E-state index in [9.17, 15) is 22.9 Å². The summed E-state index contributed by atoms with van der Waals surface area (Å²) in [6.07, 6.45) is 1.20. The van der Waals surface area contributed by atoms with Crippen LogP contribution in [0.5, 0.6) is 0 Å². The van der Waals surface area contributed by atoms with Crippen molar-refractivity contribution in [2.24, 2.45) is 0 Å². The van der Waals surface area contributed by atoms with Crippen molar-refractivity contribution in [1.29, 1.82) is 0 Å². The molecule has 0 aliphatic rings. The second-order valence-corrected chi connectivity index (χ2v) is 5.52. The summed E-state index contributed by atoms with van der Waals surface area (Å²) in [6.45, 7) is 0. The number of nitrogens with zero attached hydrogens (tertiary/aromatic N) is 2. The molecule has 110 valence electrons. The van der Waals surface area contributed by atoms with Crippen LogP contribution in [0.4, 0.5) is 21.5 Å². The number of benzene rings is 1. The standard InChI is InChI=1S/C11H9FN4O4S/c12-8-4-3-7(16(17)18)6-10(8)15-21(19,20)11-9(13)2-1-5-14-11/h1-6,15H,13H2. The van der Waals surface area contributed by atoms with Crippen LogP contribution in [-0.2, 0) is 10.0 Å². The van der Waals surface area contributed by atoms with Gasteiger partial charge in [-0.05, 0) is 18.2 Å². The Bertz CT molecular complexity index is 810. The Hall–Kier alpha value is -2.75. The predicted octanol–water partition coefficient (Wildman–Crippen LogP) is 1.51. The Balaban J connectivity index is 2.44.